The molecule has 0 aliphatic carbocycles. The highest BCUT2D eigenvalue weighted by molar-refractivity contribution is 7.57. The Morgan fingerprint density at radius 2 is 1.45 bits per heavy atom. The van der Waals surface area contributed by atoms with Crippen molar-refractivity contribution in [1.82, 2.24) is 5.32 Å². The van der Waals surface area contributed by atoms with Gasteiger partial charge in [0.25, 0.3) is 0 Å². The van der Waals surface area contributed by atoms with Crippen LogP contribution in [0, 0.1) is 0 Å². The number of ether oxygens (including phenoxy) is 1. The molecule has 6 heteroatoms. The molecule has 0 fully saturated rings. The summed E-state index contributed by atoms with van der Waals surface area (Å²) in [5.41, 5.74) is 0.930. The Labute approximate surface area is 177 Å². The highest BCUT2D eigenvalue weighted by Gasteiger charge is 2.17. The van der Waals surface area contributed by atoms with Gasteiger partial charge in [0.2, 0.25) is 7.37 Å². The summed E-state index contributed by atoms with van der Waals surface area (Å²) >= 11 is 0. The zero-order valence-electron chi connectivity index (χ0n) is 18.1. The van der Waals surface area contributed by atoms with Gasteiger partial charge in [-0.1, -0.05) is 95.0 Å². The van der Waals surface area contributed by atoms with Crippen LogP contribution in [0.3, 0.4) is 0 Å². The molecule has 1 rings (SSSR count). The second-order valence-corrected chi connectivity index (χ2v) is 10.4. The number of rotatable bonds is 17. The van der Waals surface area contributed by atoms with E-state index in [-0.39, 0.29) is 12.8 Å². The quantitative estimate of drug-likeness (QED) is 0.221. The molecule has 1 amide bonds. The van der Waals surface area contributed by atoms with Crippen LogP contribution in [-0.2, 0) is 15.9 Å². The van der Waals surface area contributed by atoms with Gasteiger partial charge >= 0.3 is 6.09 Å². The number of hydrogen-bond acceptors (Lipinski definition) is 3. The zero-order chi connectivity index (χ0) is 21.2. The molecule has 0 aliphatic heterocycles. The lowest BCUT2D eigenvalue weighted by Gasteiger charge is -2.12. The summed E-state index contributed by atoms with van der Waals surface area (Å²) in [5, 5.41) is 2.64. The van der Waals surface area contributed by atoms with Gasteiger partial charge in [-0.25, -0.2) is 4.79 Å². The van der Waals surface area contributed by atoms with E-state index in [4.69, 9.17) is 4.74 Å². The first-order chi connectivity index (χ1) is 14.0. The van der Waals surface area contributed by atoms with E-state index in [1.54, 1.807) is 0 Å². The molecule has 0 heterocycles. The molecular formula is C23H40NO4P. The van der Waals surface area contributed by atoms with Crippen LogP contribution in [0.15, 0.2) is 30.3 Å². The number of unbranched alkanes of at least 4 members (excludes halogenated alkanes) is 9. The molecule has 0 bridgehead atoms. The van der Waals surface area contributed by atoms with E-state index < -0.39 is 13.5 Å². The topological polar surface area (TPSA) is 75.6 Å². The Balaban J connectivity index is 1.96. The van der Waals surface area contributed by atoms with Crippen molar-refractivity contribution in [2.45, 2.75) is 84.2 Å². The first-order valence-corrected chi connectivity index (χ1v) is 13.3. The van der Waals surface area contributed by atoms with Crippen molar-refractivity contribution in [3.63, 3.8) is 0 Å². The molecule has 5 nitrogen and oxygen atoms in total. The van der Waals surface area contributed by atoms with Crippen LogP contribution < -0.4 is 5.32 Å². The van der Waals surface area contributed by atoms with Crippen LogP contribution in [-0.4, -0.2) is 29.9 Å². The minimum Gasteiger partial charge on any atom is -0.445 e. The Kier molecular flexibility index (Phi) is 14.6. The Bertz CT molecular complexity index is 580. The van der Waals surface area contributed by atoms with Crippen LogP contribution in [0.2, 0.25) is 0 Å². The number of carbonyl (C=O) groups is 1. The molecule has 1 unspecified atom stereocenters. The number of amides is 1. The molecule has 1 aromatic carbocycles. The van der Waals surface area contributed by atoms with Gasteiger partial charge < -0.3 is 14.9 Å². The molecule has 166 valence electrons. The maximum atomic E-state index is 12.2. The van der Waals surface area contributed by atoms with Crippen LogP contribution >= 0.6 is 7.37 Å². The number of alkyl carbamates (subject to hydrolysis) is 1. The fourth-order valence-electron chi connectivity index (χ4n) is 3.25. The molecule has 0 saturated heterocycles. The predicted octanol–water partition coefficient (Wildman–Crippen LogP) is 6.49. The van der Waals surface area contributed by atoms with Crippen LogP contribution in [0.5, 0.6) is 0 Å². The molecule has 29 heavy (non-hydrogen) atoms. The lowest BCUT2D eigenvalue weighted by Crippen LogP contribution is -2.25. The summed E-state index contributed by atoms with van der Waals surface area (Å²) < 4.78 is 17.3. The SMILES string of the molecule is CCCCCCCCCCCCP(=O)(O)CCCNC(=O)OCc1ccccc1. The van der Waals surface area contributed by atoms with Gasteiger partial charge in [-0.15, -0.1) is 0 Å². The van der Waals surface area contributed by atoms with Gasteiger partial charge in [-0.2, -0.15) is 0 Å². The molecule has 0 aliphatic rings. The van der Waals surface area contributed by atoms with Gasteiger partial charge in [0, 0.05) is 18.9 Å². The average Bonchev–Trinajstić information content (AvgIpc) is 2.72. The lowest BCUT2D eigenvalue weighted by molar-refractivity contribution is 0.139. The molecule has 0 saturated carbocycles. The second kappa shape index (κ2) is 16.5. The van der Waals surface area contributed by atoms with Crippen LogP contribution in [0.1, 0.15) is 83.1 Å². The summed E-state index contributed by atoms with van der Waals surface area (Å²) in [6.07, 6.45) is 12.8. The van der Waals surface area contributed by atoms with Gasteiger partial charge in [0.15, 0.2) is 0 Å². The fraction of sp³-hybridized carbons (Fsp3) is 0.696. The second-order valence-electron chi connectivity index (χ2n) is 7.82. The van der Waals surface area contributed by atoms with E-state index in [1.165, 1.54) is 44.9 Å². The van der Waals surface area contributed by atoms with Crippen LogP contribution in [0.25, 0.3) is 0 Å². The van der Waals surface area contributed by atoms with Crippen molar-refractivity contribution < 1.29 is 19.0 Å². The molecule has 0 spiro atoms. The standard InChI is InChI=1S/C23H40NO4P/c1-2-3-4-5-6-7-8-9-10-14-19-29(26,27)20-15-18-24-23(25)28-21-22-16-12-11-13-17-22/h11-13,16-17H,2-10,14-15,18-21H2,1H3,(H,24,25)(H,26,27). The van der Waals surface area contributed by atoms with E-state index in [0.29, 0.717) is 19.1 Å². The van der Waals surface area contributed by atoms with Crippen molar-refractivity contribution in [3.05, 3.63) is 35.9 Å². The first kappa shape index (κ1) is 25.7. The third-order valence-corrected chi connectivity index (χ3v) is 7.06. The van der Waals surface area contributed by atoms with Crippen molar-refractivity contribution in [1.29, 1.82) is 0 Å². The molecule has 1 atom stereocenters. The summed E-state index contributed by atoms with van der Waals surface area (Å²) in [4.78, 5) is 21.7. The maximum Gasteiger partial charge on any atom is 0.407 e. The first-order valence-electron chi connectivity index (χ1n) is 11.3. The predicted molar refractivity (Wildman–Crippen MR) is 121 cm³/mol. The van der Waals surface area contributed by atoms with E-state index >= 15 is 0 Å². The lowest BCUT2D eigenvalue weighted by atomic mass is 10.1. The molecular weight excluding hydrogens is 385 g/mol. The van der Waals surface area contributed by atoms with Crippen molar-refractivity contribution in [2.24, 2.45) is 0 Å². The summed E-state index contributed by atoms with van der Waals surface area (Å²) in [5.74, 6) is 0. The zero-order valence-corrected chi connectivity index (χ0v) is 19.0. The maximum absolute atomic E-state index is 12.2. The minimum atomic E-state index is -3.08. The van der Waals surface area contributed by atoms with E-state index in [2.05, 4.69) is 12.2 Å². The third-order valence-electron chi connectivity index (χ3n) is 5.03. The molecule has 2 N–H and O–H groups in total. The van der Waals surface area contributed by atoms with Crippen molar-refractivity contribution in [2.75, 3.05) is 18.9 Å². The highest BCUT2D eigenvalue weighted by Crippen LogP contribution is 2.42. The normalized spacial score (nSPS) is 13.0. The van der Waals surface area contributed by atoms with Crippen LogP contribution in [0.4, 0.5) is 4.79 Å². The van der Waals surface area contributed by atoms with Crippen molar-refractivity contribution >= 4 is 13.5 Å². The number of hydrogen-bond donors (Lipinski definition) is 2. The Morgan fingerprint density at radius 1 is 0.897 bits per heavy atom. The summed E-state index contributed by atoms with van der Waals surface area (Å²) in [6.45, 7) is 2.82. The van der Waals surface area contributed by atoms with E-state index in [0.717, 1.165) is 24.8 Å². The molecule has 0 radical (unpaired) electrons. The monoisotopic (exact) mass is 425 g/mol. The largest absolute Gasteiger partial charge is 0.445 e. The number of carbonyl (C=O) groups excluding carboxylic acids is 1. The number of benzene rings is 1. The van der Waals surface area contributed by atoms with Gasteiger partial charge in [0.05, 0.1) is 0 Å². The fourth-order valence-corrected chi connectivity index (χ4v) is 4.84. The van der Waals surface area contributed by atoms with Crippen molar-refractivity contribution in [3.8, 4) is 0 Å². The van der Waals surface area contributed by atoms with Gasteiger partial charge in [0.1, 0.15) is 6.61 Å². The minimum absolute atomic E-state index is 0.226. The van der Waals surface area contributed by atoms with Gasteiger partial charge in [-0.05, 0) is 18.4 Å². The highest BCUT2D eigenvalue weighted by atomic mass is 31.2. The number of nitrogens with one attached hydrogen (secondary N) is 1. The third kappa shape index (κ3) is 15.2. The van der Waals surface area contributed by atoms with Gasteiger partial charge in [-0.3, -0.25) is 4.57 Å². The summed E-state index contributed by atoms with van der Waals surface area (Å²) in [7, 11) is -3.08. The van der Waals surface area contributed by atoms with E-state index in [1.807, 2.05) is 30.3 Å². The summed E-state index contributed by atoms with van der Waals surface area (Å²) in [6, 6.07) is 9.48. The Hall–Kier alpha value is -1.32. The average molecular weight is 426 g/mol. The molecule has 1 aromatic rings. The molecule has 0 aromatic heterocycles. The smallest absolute Gasteiger partial charge is 0.407 e. The Morgan fingerprint density at radius 3 is 2.07 bits per heavy atom. The van der Waals surface area contributed by atoms with E-state index in [9.17, 15) is 14.3 Å².